The van der Waals surface area contributed by atoms with Crippen molar-refractivity contribution in [2.45, 2.75) is 19.9 Å². The van der Waals surface area contributed by atoms with Gasteiger partial charge in [-0.2, -0.15) is 0 Å². The van der Waals surface area contributed by atoms with E-state index in [0.29, 0.717) is 66.0 Å². The summed E-state index contributed by atoms with van der Waals surface area (Å²) in [6, 6.07) is 7.67. The van der Waals surface area contributed by atoms with Gasteiger partial charge in [-0.1, -0.05) is 18.7 Å². The molecule has 2 heterocycles. The summed E-state index contributed by atoms with van der Waals surface area (Å²) in [4.78, 5) is 9.01. The molecule has 1 aliphatic heterocycles. The number of anilines is 1. The Balaban J connectivity index is 1.73. The normalized spacial score (nSPS) is 15.0. The minimum atomic E-state index is -0.814. The Hall–Kier alpha value is -3.26. The summed E-state index contributed by atoms with van der Waals surface area (Å²) in [7, 11) is 0. The van der Waals surface area contributed by atoms with Gasteiger partial charge in [0.2, 0.25) is 0 Å². The first kappa shape index (κ1) is 21.0. The lowest BCUT2D eigenvalue weighted by atomic mass is 10.0. The van der Waals surface area contributed by atoms with E-state index in [1.54, 1.807) is 38.1 Å². The number of fused-ring (bicyclic) bond motifs is 2. The average Bonchev–Trinajstić information content (AvgIpc) is 2.84. The monoisotopic (exact) mass is 427 g/mol. The Kier molecular flexibility index (Phi) is 5.99. The fraction of sp³-hybridized carbons (Fsp3) is 0.304. The van der Waals surface area contributed by atoms with Crippen LogP contribution in [0, 0.1) is 12.7 Å². The molecule has 162 valence electrons. The van der Waals surface area contributed by atoms with Gasteiger partial charge >= 0.3 is 0 Å². The fourth-order valence-electron chi connectivity index (χ4n) is 3.49. The molecule has 1 aromatic heterocycles. The molecule has 1 N–H and O–H groups in total. The van der Waals surface area contributed by atoms with E-state index in [-0.39, 0.29) is 5.56 Å². The molecule has 3 aromatic rings. The molecule has 0 saturated carbocycles. The second kappa shape index (κ2) is 8.85. The maximum Gasteiger partial charge on any atom is 0.163 e. The van der Waals surface area contributed by atoms with Crippen molar-refractivity contribution in [3.8, 4) is 11.5 Å². The molecule has 6 nitrogen and oxygen atoms in total. The highest BCUT2D eigenvalue weighted by Crippen LogP contribution is 2.36. The Labute approximate surface area is 178 Å². The van der Waals surface area contributed by atoms with Crippen LogP contribution in [0.3, 0.4) is 0 Å². The van der Waals surface area contributed by atoms with Crippen molar-refractivity contribution >= 4 is 22.5 Å². The summed E-state index contributed by atoms with van der Waals surface area (Å²) in [5.41, 5.74) is 0.816. The maximum atomic E-state index is 14.8. The fourth-order valence-corrected chi connectivity index (χ4v) is 3.49. The van der Waals surface area contributed by atoms with Crippen molar-refractivity contribution in [2.24, 2.45) is 0 Å². The van der Waals surface area contributed by atoms with Crippen LogP contribution in [0.15, 0.2) is 36.9 Å². The lowest BCUT2D eigenvalue weighted by molar-refractivity contribution is 0.0877. The van der Waals surface area contributed by atoms with Gasteiger partial charge in [-0.3, -0.25) is 0 Å². The SMILES string of the molecule is C=C(F)c1cccc(C(C)Nc2nc(C)nc3cc4c(cc23)OCCOCCO4)c1F. The van der Waals surface area contributed by atoms with Gasteiger partial charge in [0.05, 0.1) is 24.8 Å². The van der Waals surface area contributed by atoms with Crippen LogP contribution < -0.4 is 14.8 Å². The molecule has 0 saturated heterocycles. The zero-order chi connectivity index (χ0) is 22.0. The van der Waals surface area contributed by atoms with Crippen LogP contribution in [0.1, 0.15) is 29.9 Å². The van der Waals surface area contributed by atoms with Crippen molar-refractivity contribution in [1.29, 1.82) is 0 Å². The van der Waals surface area contributed by atoms with Gasteiger partial charge in [0.25, 0.3) is 0 Å². The van der Waals surface area contributed by atoms with E-state index in [1.807, 2.05) is 0 Å². The zero-order valence-corrected chi connectivity index (χ0v) is 17.4. The molecular weight excluding hydrogens is 404 g/mol. The Bertz CT molecular complexity index is 1140. The minimum Gasteiger partial charge on any atom is -0.487 e. The molecule has 2 aromatic carbocycles. The lowest BCUT2D eigenvalue weighted by Gasteiger charge is -2.19. The van der Waals surface area contributed by atoms with Crippen molar-refractivity contribution in [2.75, 3.05) is 31.7 Å². The summed E-state index contributed by atoms with van der Waals surface area (Å²) in [5.74, 6) is 0.731. The van der Waals surface area contributed by atoms with Crippen LogP contribution >= 0.6 is 0 Å². The van der Waals surface area contributed by atoms with E-state index in [4.69, 9.17) is 14.2 Å². The molecule has 0 aliphatic carbocycles. The van der Waals surface area contributed by atoms with Gasteiger partial charge < -0.3 is 19.5 Å². The van der Waals surface area contributed by atoms with Gasteiger partial charge in [-0.05, 0) is 26.0 Å². The molecule has 0 amide bonds. The summed E-state index contributed by atoms with van der Waals surface area (Å²) in [6.07, 6.45) is 0. The Morgan fingerprint density at radius 2 is 1.81 bits per heavy atom. The number of ether oxygens (including phenoxy) is 3. The predicted molar refractivity (Wildman–Crippen MR) is 115 cm³/mol. The van der Waals surface area contributed by atoms with Crippen LogP contribution in [0.2, 0.25) is 0 Å². The van der Waals surface area contributed by atoms with Crippen molar-refractivity contribution in [1.82, 2.24) is 9.97 Å². The topological polar surface area (TPSA) is 65.5 Å². The number of nitrogens with zero attached hydrogens (tertiary/aromatic N) is 2. The molecule has 8 heteroatoms. The van der Waals surface area contributed by atoms with Crippen molar-refractivity contribution in [3.63, 3.8) is 0 Å². The first-order valence-corrected chi connectivity index (χ1v) is 9.99. The molecule has 1 aliphatic rings. The molecule has 1 atom stereocenters. The number of aryl methyl sites for hydroxylation is 1. The molecule has 0 bridgehead atoms. The number of hydrogen-bond acceptors (Lipinski definition) is 6. The number of benzene rings is 2. The van der Waals surface area contributed by atoms with E-state index in [2.05, 4.69) is 21.9 Å². The molecule has 0 spiro atoms. The smallest absolute Gasteiger partial charge is 0.163 e. The highest BCUT2D eigenvalue weighted by molar-refractivity contribution is 5.92. The molecular formula is C23H23F2N3O3. The first-order valence-electron chi connectivity index (χ1n) is 9.99. The minimum absolute atomic E-state index is 0.153. The quantitative estimate of drug-likeness (QED) is 0.634. The molecule has 0 fully saturated rings. The van der Waals surface area contributed by atoms with Gasteiger partial charge in [0.15, 0.2) is 11.5 Å². The van der Waals surface area contributed by atoms with Crippen LogP contribution in [0.5, 0.6) is 11.5 Å². The van der Waals surface area contributed by atoms with Gasteiger partial charge in [-0.25, -0.2) is 18.7 Å². The highest BCUT2D eigenvalue weighted by atomic mass is 19.1. The third-order valence-corrected chi connectivity index (χ3v) is 4.98. The molecule has 1 unspecified atom stereocenters. The summed E-state index contributed by atoms with van der Waals surface area (Å²) in [6.45, 7) is 8.49. The molecule has 31 heavy (non-hydrogen) atoms. The van der Waals surface area contributed by atoms with Crippen LogP contribution in [-0.4, -0.2) is 36.4 Å². The molecule has 4 rings (SSSR count). The van der Waals surface area contributed by atoms with E-state index in [9.17, 15) is 8.78 Å². The summed E-state index contributed by atoms with van der Waals surface area (Å²) in [5, 5.41) is 3.93. The predicted octanol–water partition coefficient (Wildman–Crippen LogP) is 4.98. The highest BCUT2D eigenvalue weighted by Gasteiger charge is 2.19. The van der Waals surface area contributed by atoms with Crippen molar-refractivity contribution < 1.29 is 23.0 Å². The third kappa shape index (κ3) is 4.44. The van der Waals surface area contributed by atoms with Crippen LogP contribution in [-0.2, 0) is 4.74 Å². The second-order valence-corrected chi connectivity index (χ2v) is 7.22. The zero-order valence-electron chi connectivity index (χ0n) is 17.4. The average molecular weight is 427 g/mol. The lowest BCUT2D eigenvalue weighted by Crippen LogP contribution is -2.12. The number of aromatic nitrogens is 2. The van der Waals surface area contributed by atoms with E-state index in [1.165, 1.54) is 6.07 Å². The Morgan fingerprint density at radius 1 is 1.10 bits per heavy atom. The number of rotatable bonds is 4. The Morgan fingerprint density at radius 3 is 2.52 bits per heavy atom. The molecule has 0 radical (unpaired) electrons. The number of halogens is 2. The standard InChI is InChI=1S/C23H23F2N3O3/c1-13(24)16-5-4-6-17(22(16)25)14(2)26-23-18-11-20-21(12-19(18)27-15(3)28-23)31-10-8-29-7-9-30-20/h4-6,11-12,14H,1,7-10H2,2-3H3,(H,26,27,28). The van der Waals surface area contributed by atoms with Crippen molar-refractivity contribution in [3.05, 3.63) is 59.7 Å². The number of hydrogen-bond donors (Lipinski definition) is 1. The maximum absolute atomic E-state index is 14.8. The van der Waals surface area contributed by atoms with E-state index < -0.39 is 17.7 Å². The summed E-state index contributed by atoms with van der Waals surface area (Å²) < 4.78 is 45.4. The van der Waals surface area contributed by atoms with E-state index >= 15 is 0 Å². The van der Waals surface area contributed by atoms with Crippen LogP contribution in [0.25, 0.3) is 16.7 Å². The van der Waals surface area contributed by atoms with Gasteiger partial charge in [0.1, 0.15) is 36.5 Å². The summed E-state index contributed by atoms with van der Waals surface area (Å²) >= 11 is 0. The van der Waals surface area contributed by atoms with Gasteiger partial charge in [-0.15, -0.1) is 0 Å². The largest absolute Gasteiger partial charge is 0.487 e. The van der Waals surface area contributed by atoms with E-state index in [0.717, 1.165) is 0 Å². The van der Waals surface area contributed by atoms with Crippen LogP contribution in [0.4, 0.5) is 14.6 Å². The van der Waals surface area contributed by atoms with Gasteiger partial charge in [0, 0.05) is 22.6 Å². The number of nitrogens with one attached hydrogen (secondary N) is 1. The second-order valence-electron chi connectivity index (χ2n) is 7.22. The third-order valence-electron chi connectivity index (χ3n) is 4.98. The first-order chi connectivity index (χ1) is 14.9.